The van der Waals surface area contributed by atoms with Gasteiger partial charge in [0.2, 0.25) is 10.0 Å². The highest BCUT2D eigenvalue weighted by atomic mass is 35.5. The number of para-hydroxylation sites is 1. The number of rotatable bonds is 6. The summed E-state index contributed by atoms with van der Waals surface area (Å²) in [7, 11) is -3.61. The van der Waals surface area contributed by atoms with E-state index >= 15 is 0 Å². The third-order valence-electron chi connectivity index (χ3n) is 4.58. The Hall–Kier alpha value is -3.04. The molecule has 1 aliphatic heterocycles. The topological polar surface area (TPSA) is 105 Å². The monoisotopic (exact) mass is 463 g/mol. The highest BCUT2D eigenvalue weighted by Gasteiger charge is 2.31. The third-order valence-corrected chi connectivity index (χ3v) is 6.00. The van der Waals surface area contributed by atoms with Gasteiger partial charge in [-0.2, -0.15) is 0 Å². The van der Waals surface area contributed by atoms with E-state index in [1.54, 1.807) is 36.4 Å². The molecule has 0 saturated carbocycles. The first-order valence-corrected chi connectivity index (χ1v) is 11.7. The molecule has 31 heavy (non-hydrogen) atoms. The number of carbonyl (C=O) groups is 2. The summed E-state index contributed by atoms with van der Waals surface area (Å²) in [5.41, 5.74) is 0.879. The molecule has 8 nitrogen and oxygen atoms in total. The molecular weight excluding hydrogens is 442 g/mol. The number of sulfonamides is 1. The number of amides is 2. The molecule has 0 aromatic heterocycles. The summed E-state index contributed by atoms with van der Waals surface area (Å²) in [6.45, 7) is 3.88. The molecule has 10 heteroatoms. The molecule has 2 aromatic carbocycles. The van der Waals surface area contributed by atoms with E-state index in [4.69, 9.17) is 16.3 Å². The Bertz CT molecular complexity index is 1120. The number of nitrogens with one attached hydrogen (secondary N) is 2. The van der Waals surface area contributed by atoms with Crippen LogP contribution in [-0.4, -0.2) is 45.7 Å². The second-order valence-electron chi connectivity index (χ2n) is 6.88. The summed E-state index contributed by atoms with van der Waals surface area (Å²) in [5.74, 6) is -0.634. The Kier molecular flexibility index (Phi) is 6.87. The van der Waals surface area contributed by atoms with Gasteiger partial charge in [0.1, 0.15) is 5.75 Å². The van der Waals surface area contributed by atoms with Crippen molar-refractivity contribution in [3.8, 4) is 5.75 Å². The SMILES string of the molecule is C=CCNC(=O)c1ccccc1NC(=O)C1CCN(S(C)(=O)=O)c2cc(Cl)ccc2O1. The Morgan fingerprint density at radius 1 is 1.29 bits per heavy atom. The number of hydrogen-bond donors (Lipinski definition) is 2. The number of carbonyl (C=O) groups excluding carboxylic acids is 2. The predicted molar refractivity (Wildman–Crippen MR) is 120 cm³/mol. The summed E-state index contributed by atoms with van der Waals surface area (Å²) in [5, 5.41) is 5.73. The molecular formula is C21H22ClN3O5S. The van der Waals surface area contributed by atoms with E-state index in [2.05, 4.69) is 17.2 Å². The first kappa shape index (κ1) is 22.6. The van der Waals surface area contributed by atoms with Crippen LogP contribution in [0.5, 0.6) is 5.75 Å². The highest BCUT2D eigenvalue weighted by molar-refractivity contribution is 7.92. The maximum absolute atomic E-state index is 13.0. The fraction of sp³-hybridized carbons (Fsp3) is 0.238. The number of hydrogen-bond acceptors (Lipinski definition) is 5. The van der Waals surface area contributed by atoms with Gasteiger partial charge in [-0.15, -0.1) is 6.58 Å². The fourth-order valence-corrected chi connectivity index (χ4v) is 4.25. The molecule has 1 atom stereocenters. The van der Waals surface area contributed by atoms with Gasteiger partial charge in [0.15, 0.2) is 6.10 Å². The highest BCUT2D eigenvalue weighted by Crippen LogP contribution is 2.36. The van der Waals surface area contributed by atoms with Gasteiger partial charge in [-0.25, -0.2) is 8.42 Å². The summed E-state index contributed by atoms with van der Waals surface area (Å²) < 4.78 is 31.5. The fourth-order valence-electron chi connectivity index (χ4n) is 3.14. The van der Waals surface area contributed by atoms with Gasteiger partial charge < -0.3 is 15.4 Å². The number of nitrogens with zero attached hydrogens (tertiary/aromatic N) is 1. The van der Waals surface area contributed by atoms with Crippen molar-refractivity contribution < 1.29 is 22.7 Å². The van der Waals surface area contributed by atoms with Crippen LogP contribution >= 0.6 is 11.6 Å². The zero-order valence-corrected chi connectivity index (χ0v) is 18.4. The predicted octanol–water partition coefficient (Wildman–Crippen LogP) is 2.81. The van der Waals surface area contributed by atoms with Crippen LogP contribution < -0.4 is 19.7 Å². The van der Waals surface area contributed by atoms with E-state index in [0.717, 1.165) is 10.6 Å². The van der Waals surface area contributed by atoms with Crippen molar-refractivity contribution in [2.75, 3.05) is 29.0 Å². The Morgan fingerprint density at radius 2 is 2.03 bits per heavy atom. The smallest absolute Gasteiger partial charge is 0.265 e. The van der Waals surface area contributed by atoms with Crippen molar-refractivity contribution in [3.05, 3.63) is 65.7 Å². The Balaban J connectivity index is 1.85. The van der Waals surface area contributed by atoms with Crippen LogP contribution in [0.1, 0.15) is 16.8 Å². The zero-order valence-electron chi connectivity index (χ0n) is 16.8. The van der Waals surface area contributed by atoms with Gasteiger partial charge >= 0.3 is 0 Å². The van der Waals surface area contributed by atoms with Crippen LogP contribution in [0.15, 0.2) is 55.1 Å². The van der Waals surface area contributed by atoms with E-state index in [-0.39, 0.29) is 42.4 Å². The normalized spacial score (nSPS) is 15.8. The lowest BCUT2D eigenvalue weighted by atomic mass is 10.1. The first-order valence-electron chi connectivity index (χ1n) is 9.43. The van der Waals surface area contributed by atoms with Crippen LogP contribution in [-0.2, 0) is 14.8 Å². The van der Waals surface area contributed by atoms with Crippen molar-refractivity contribution in [1.82, 2.24) is 5.32 Å². The minimum atomic E-state index is -3.61. The maximum atomic E-state index is 13.0. The number of ether oxygens (including phenoxy) is 1. The molecule has 0 radical (unpaired) electrons. The molecule has 0 bridgehead atoms. The van der Waals surface area contributed by atoms with Crippen LogP contribution in [0.3, 0.4) is 0 Å². The number of benzene rings is 2. The van der Waals surface area contributed by atoms with Crippen molar-refractivity contribution in [2.24, 2.45) is 0 Å². The minimum absolute atomic E-state index is 0.0335. The van der Waals surface area contributed by atoms with E-state index < -0.39 is 22.0 Å². The molecule has 0 saturated heterocycles. The quantitative estimate of drug-likeness (QED) is 0.641. The largest absolute Gasteiger partial charge is 0.478 e. The molecule has 2 N–H and O–H groups in total. The van der Waals surface area contributed by atoms with Crippen molar-refractivity contribution in [2.45, 2.75) is 12.5 Å². The molecule has 2 aromatic rings. The maximum Gasteiger partial charge on any atom is 0.265 e. The zero-order chi connectivity index (χ0) is 22.6. The number of anilines is 2. The van der Waals surface area contributed by atoms with Crippen LogP contribution in [0.2, 0.25) is 5.02 Å². The molecule has 1 aliphatic rings. The molecule has 3 rings (SSSR count). The van der Waals surface area contributed by atoms with Crippen LogP contribution in [0.4, 0.5) is 11.4 Å². The molecule has 0 spiro atoms. The van der Waals surface area contributed by atoms with Gasteiger partial charge in [0.05, 0.1) is 23.2 Å². The number of fused-ring (bicyclic) bond motifs is 1. The summed E-state index contributed by atoms with van der Waals surface area (Å²) in [6.07, 6.45) is 1.76. The third kappa shape index (κ3) is 5.36. The van der Waals surface area contributed by atoms with Gasteiger partial charge in [-0.05, 0) is 30.3 Å². The van der Waals surface area contributed by atoms with E-state index in [9.17, 15) is 18.0 Å². The summed E-state index contributed by atoms with van der Waals surface area (Å²) >= 11 is 6.03. The second-order valence-corrected chi connectivity index (χ2v) is 9.22. The van der Waals surface area contributed by atoms with Gasteiger partial charge in [0.25, 0.3) is 11.8 Å². The van der Waals surface area contributed by atoms with Gasteiger partial charge in [-0.3, -0.25) is 13.9 Å². The molecule has 2 amide bonds. The lowest BCUT2D eigenvalue weighted by molar-refractivity contribution is -0.122. The van der Waals surface area contributed by atoms with Crippen molar-refractivity contribution in [1.29, 1.82) is 0 Å². The van der Waals surface area contributed by atoms with E-state index in [0.29, 0.717) is 10.7 Å². The van der Waals surface area contributed by atoms with E-state index in [1.807, 2.05) is 0 Å². The van der Waals surface area contributed by atoms with E-state index in [1.165, 1.54) is 12.1 Å². The molecule has 0 aliphatic carbocycles. The molecule has 1 heterocycles. The molecule has 1 unspecified atom stereocenters. The Labute approximate surface area is 185 Å². The summed E-state index contributed by atoms with van der Waals surface area (Å²) in [4.78, 5) is 25.3. The van der Waals surface area contributed by atoms with Crippen LogP contribution in [0, 0.1) is 0 Å². The van der Waals surface area contributed by atoms with Crippen molar-refractivity contribution >= 4 is 44.8 Å². The van der Waals surface area contributed by atoms with Gasteiger partial charge in [0, 0.05) is 24.5 Å². The standard InChI is InChI=1S/C21H22ClN3O5S/c1-3-11-23-20(26)15-6-4-5-7-16(15)24-21(27)19-10-12-25(31(2,28)29)17-13-14(22)8-9-18(17)30-19/h3-9,13,19H,1,10-12H2,2H3,(H,23,26)(H,24,27). The second kappa shape index (κ2) is 9.40. The summed E-state index contributed by atoms with van der Waals surface area (Å²) in [6, 6.07) is 11.1. The lowest BCUT2D eigenvalue weighted by Gasteiger charge is -2.21. The van der Waals surface area contributed by atoms with Gasteiger partial charge in [-0.1, -0.05) is 29.8 Å². The van der Waals surface area contributed by atoms with Crippen molar-refractivity contribution in [3.63, 3.8) is 0 Å². The average Bonchev–Trinajstić information content (AvgIpc) is 2.91. The van der Waals surface area contributed by atoms with Crippen LogP contribution in [0.25, 0.3) is 0 Å². The first-order chi connectivity index (χ1) is 14.7. The molecule has 0 fully saturated rings. The average molecular weight is 464 g/mol. The Morgan fingerprint density at radius 3 is 2.74 bits per heavy atom. The minimum Gasteiger partial charge on any atom is -0.478 e. The lowest BCUT2D eigenvalue weighted by Crippen LogP contribution is -2.36. The molecule has 164 valence electrons. The number of halogens is 1.